The zero-order valence-corrected chi connectivity index (χ0v) is 17.9. The first kappa shape index (κ1) is 21.2. The number of carbonyl (C=O) groups excluding carboxylic acids is 2. The summed E-state index contributed by atoms with van der Waals surface area (Å²) in [5.41, 5.74) is 7.69. The molecule has 0 spiro atoms. The van der Waals surface area contributed by atoms with E-state index in [0.29, 0.717) is 33.4 Å². The number of carboxylic acid groups (broad SMARTS) is 1. The highest BCUT2D eigenvalue weighted by Gasteiger charge is 2.54. The van der Waals surface area contributed by atoms with E-state index >= 15 is 0 Å². The van der Waals surface area contributed by atoms with Gasteiger partial charge in [0.2, 0.25) is 5.91 Å². The fourth-order valence-corrected chi connectivity index (χ4v) is 5.71. The zero-order valence-electron chi connectivity index (χ0n) is 16.2. The van der Waals surface area contributed by atoms with Gasteiger partial charge in [0.1, 0.15) is 22.1 Å². The maximum atomic E-state index is 12.7. The lowest BCUT2D eigenvalue weighted by molar-refractivity contribution is -0.150. The van der Waals surface area contributed by atoms with Gasteiger partial charge < -0.3 is 16.2 Å². The number of fused-ring (bicyclic) bond motifs is 1. The number of amides is 2. The van der Waals surface area contributed by atoms with Gasteiger partial charge in [-0.15, -0.1) is 23.5 Å². The standard InChI is InChI=1S/C20H19N5O4S2/c21-13-4-2-1-3-11(13)7-14(26)24-16-18(27)25-17(20(28)29)12(10-31-19(16)25)9-30-15-8-22-5-6-23-15/h1-6,8,16,19H,7,9-10,21H2,(H,24,26)(H,28,29)/t16?,19-/m1/s1. The summed E-state index contributed by atoms with van der Waals surface area (Å²) in [7, 11) is 0. The van der Waals surface area contributed by atoms with Crippen LogP contribution in [-0.4, -0.2) is 60.7 Å². The van der Waals surface area contributed by atoms with Crippen LogP contribution < -0.4 is 11.1 Å². The number of anilines is 1. The third kappa shape index (κ3) is 4.37. The van der Waals surface area contributed by atoms with E-state index in [4.69, 9.17) is 5.73 Å². The second-order valence-electron chi connectivity index (χ2n) is 6.92. The van der Waals surface area contributed by atoms with Crippen molar-refractivity contribution in [2.45, 2.75) is 22.9 Å². The zero-order chi connectivity index (χ0) is 22.0. The van der Waals surface area contributed by atoms with E-state index in [9.17, 15) is 19.5 Å². The Morgan fingerprint density at radius 3 is 2.84 bits per heavy atom. The van der Waals surface area contributed by atoms with Gasteiger partial charge >= 0.3 is 5.97 Å². The predicted octanol–water partition coefficient (Wildman–Crippen LogP) is 1.13. The van der Waals surface area contributed by atoms with Crippen molar-refractivity contribution in [2.24, 2.45) is 0 Å². The molecule has 1 fully saturated rings. The van der Waals surface area contributed by atoms with Crippen molar-refractivity contribution in [3.8, 4) is 0 Å². The second kappa shape index (κ2) is 8.98. The van der Waals surface area contributed by atoms with Crippen molar-refractivity contribution in [3.63, 3.8) is 0 Å². The van der Waals surface area contributed by atoms with Crippen LogP contribution in [0.25, 0.3) is 0 Å². The summed E-state index contributed by atoms with van der Waals surface area (Å²) >= 11 is 2.80. The molecule has 1 aromatic carbocycles. The third-order valence-corrected chi connectivity index (χ3v) is 7.25. The predicted molar refractivity (Wildman–Crippen MR) is 117 cm³/mol. The molecule has 1 aromatic heterocycles. The lowest BCUT2D eigenvalue weighted by Gasteiger charge is -2.49. The van der Waals surface area contributed by atoms with Crippen molar-refractivity contribution in [3.05, 3.63) is 59.7 Å². The molecule has 4 N–H and O–H groups in total. The minimum atomic E-state index is -1.16. The molecule has 2 amide bonds. The van der Waals surface area contributed by atoms with Gasteiger partial charge in [0, 0.05) is 29.6 Å². The molecule has 3 heterocycles. The minimum Gasteiger partial charge on any atom is -0.477 e. The van der Waals surface area contributed by atoms with Crippen LogP contribution in [0.2, 0.25) is 0 Å². The number of nitrogen functional groups attached to an aromatic ring is 1. The van der Waals surface area contributed by atoms with Crippen molar-refractivity contribution in [1.82, 2.24) is 20.2 Å². The Kier molecular flexibility index (Phi) is 6.14. The monoisotopic (exact) mass is 457 g/mol. The normalized spacial score (nSPS) is 20.1. The van der Waals surface area contributed by atoms with Crippen molar-refractivity contribution >= 4 is 47.0 Å². The van der Waals surface area contributed by atoms with Crippen LogP contribution in [0, 0.1) is 0 Å². The molecular weight excluding hydrogens is 438 g/mol. The maximum absolute atomic E-state index is 12.7. The van der Waals surface area contributed by atoms with Crippen molar-refractivity contribution < 1.29 is 19.5 Å². The van der Waals surface area contributed by atoms with Gasteiger partial charge in [-0.05, 0) is 17.2 Å². The van der Waals surface area contributed by atoms with Gasteiger partial charge in [-0.25, -0.2) is 9.78 Å². The Bertz CT molecular complexity index is 1060. The van der Waals surface area contributed by atoms with E-state index in [1.165, 1.54) is 28.4 Å². The number of nitrogens with two attached hydrogens (primary N) is 1. The van der Waals surface area contributed by atoms with Crippen LogP contribution in [-0.2, 0) is 20.8 Å². The van der Waals surface area contributed by atoms with Gasteiger partial charge in [0.25, 0.3) is 5.91 Å². The van der Waals surface area contributed by atoms with Gasteiger partial charge in [-0.1, -0.05) is 18.2 Å². The molecule has 160 valence electrons. The summed E-state index contributed by atoms with van der Waals surface area (Å²) < 4.78 is 0. The molecule has 2 aromatic rings. The molecule has 1 saturated heterocycles. The number of carbonyl (C=O) groups is 3. The Morgan fingerprint density at radius 1 is 1.32 bits per heavy atom. The van der Waals surface area contributed by atoms with Gasteiger partial charge in [0.15, 0.2) is 0 Å². The maximum Gasteiger partial charge on any atom is 0.352 e. The number of nitrogens with one attached hydrogen (secondary N) is 1. The molecule has 2 atom stereocenters. The fraction of sp³-hybridized carbons (Fsp3) is 0.250. The number of benzene rings is 1. The van der Waals surface area contributed by atoms with E-state index in [1.54, 1.807) is 42.9 Å². The minimum absolute atomic E-state index is 0.0112. The lowest BCUT2D eigenvalue weighted by Crippen LogP contribution is -2.70. The van der Waals surface area contributed by atoms with Crippen LogP contribution >= 0.6 is 23.5 Å². The molecule has 0 aliphatic carbocycles. The number of thioether (sulfide) groups is 2. The number of hydrogen-bond acceptors (Lipinski definition) is 8. The SMILES string of the molecule is Nc1ccccc1CC(=O)NC1C(=O)N2C(C(=O)O)=C(CSc3cnccn3)CS[C@H]12. The number of rotatable bonds is 7. The summed E-state index contributed by atoms with van der Waals surface area (Å²) in [6, 6.07) is 6.27. The highest BCUT2D eigenvalue weighted by atomic mass is 32.2. The van der Waals surface area contributed by atoms with Gasteiger partial charge in [0.05, 0.1) is 12.6 Å². The van der Waals surface area contributed by atoms with E-state index in [2.05, 4.69) is 15.3 Å². The third-order valence-electron chi connectivity index (χ3n) is 4.91. The molecule has 0 radical (unpaired) electrons. The van der Waals surface area contributed by atoms with Crippen LogP contribution in [0.5, 0.6) is 0 Å². The Morgan fingerprint density at radius 2 is 2.13 bits per heavy atom. The number of aliphatic carboxylic acids is 1. The largest absolute Gasteiger partial charge is 0.477 e. The first-order valence-corrected chi connectivity index (χ1v) is 11.4. The first-order chi connectivity index (χ1) is 15.0. The van der Waals surface area contributed by atoms with E-state index in [0.717, 1.165) is 0 Å². The lowest BCUT2D eigenvalue weighted by atomic mass is 10.0. The summed E-state index contributed by atoms with van der Waals surface area (Å²) in [5, 5.41) is 12.7. The van der Waals surface area contributed by atoms with Crippen LogP contribution in [0.4, 0.5) is 5.69 Å². The summed E-state index contributed by atoms with van der Waals surface area (Å²) in [4.78, 5) is 46.5. The van der Waals surface area contributed by atoms with Crippen LogP contribution in [0.3, 0.4) is 0 Å². The average molecular weight is 458 g/mol. The molecule has 11 heteroatoms. The van der Waals surface area contributed by atoms with E-state index in [-0.39, 0.29) is 18.0 Å². The molecule has 0 saturated carbocycles. The number of nitrogens with zero attached hydrogens (tertiary/aromatic N) is 3. The Hall–Kier alpha value is -3.05. The highest BCUT2D eigenvalue weighted by molar-refractivity contribution is 8.01. The van der Waals surface area contributed by atoms with Crippen LogP contribution in [0.1, 0.15) is 5.56 Å². The Balaban J connectivity index is 1.44. The van der Waals surface area contributed by atoms with Crippen LogP contribution in [0.15, 0.2) is 59.2 Å². The number of carboxylic acids is 1. The molecule has 4 rings (SSSR count). The number of β-lactam (4-membered cyclic amide) rings is 1. The molecule has 9 nitrogen and oxygen atoms in total. The summed E-state index contributed by atoms with van der Waals surface area (Å²) in [5.74, 6) is -1.09. The second-order valence-corrected chi connectivity index (χ2v) is 9.02. The number of para-hydroxylation sites is 1. The highest BCUT2D eigenvalue weighted by Crippen LogP contribution is 2.41. The fourth-order valence-electron chi connectivity index (χ4n) is 3.41. The summed E-state index contributed by atoms with van der Waals surface area (Å²) in [6.45, 7) is 0. The van der Waals surface area contributed by atoms with Crippen molar-refractivity contribution in [1.29, 1.82) is 0 Å². The molecule has 2 aliphatic rings. The molecular formula is C20H19N5O4S2. The quantitative estimate of drug-likeness (QED) is 0.317. The van der Waals surface area contributed by atoms with E-state index in [1.807, 2.05) is 0 Å². The first-order valence-electron chi connectivity index (χ1n) is 9.37. The molecule has 31 heavy (non-hydrogen) atoms. The van der Waals surface area contributed by atoms with Gasteiger partial charge in [-0.2, -0.15) is 0 Å². The van der Waals surface area contributed by atoms with Crippen molar-refractivity contribution in [2.75, 3.05) is 17.2 Å². The average Bonchev–Trinajstić information content (AvgIpc) is 2.77. The number of aromatic nitrogens is 2. The smallest absolute Gasteiger partial charge is 0.352 e. The van der Waals surface area contributed by atoms with E-state index < -0.39 is 23.3 Å². The molecule has 2 aliphatic heterocycles. The molecule has 0 bridgehead atoms. The number of hydrogen-bond donors (Lipinski definition) is 3. The van der Waals surface area contributed by atoms with Gasteiger partial charge in [-0.3, -0.25) is 19.5 Å². The molecule has 1 unspecified atom stereocenters. The topological polar surface area (TPSA) is 139 Å². The Labute approximate surface area is 186 Å². The summed E-state index contributed by atoms with van der Waals surface area (Å²) in [6.07, 6.45) is 4.78.